The van der Waals surface area contributed by atoms with E-state index in [2.05, 4.69) is 15.1 Å². The molecule has 23 heavy (non-hydrogen) atoms. The van der Waals surface area contributed by atoms with Crippen molar-refractivity contribution in [3.63, 3.8) is 0 Å². The molecule has 0 radical (unpaired) electrons. The predicted octanol–water partition coefficient (Wildman–Crippen LogP) is 3.06. The van der Waals surface area contributed by atoms with E-state index in [0.29, 0.717) is 23.9 Å². The van der Waals surface area contributed by atoms with Gasteiger partial charge in [-0.25, -0.2) is 14.5 Å². The van der Waals surface area contributed by atoms with Crippen LogP contribution < -0.4 is 0 Å². The van der Waals surface area contributed by atoms with Gasteiger partial charge < -0.3 is 9.72 Å². The van der Waals surface area contributed by atoms with Crippen molar-refractivity contribution < 1.29 is 9.53 Å². The molecular formula is C17H18N4O2. The fourth-order valence-electron chi connectivity index (χ4n) is 2.44. The van der Waals surface area contributed by atoms with Crippen LogP contribution in [0.3, 0.4) is 0 Å². The van der Waals surface area contributed by atoms with Crippen molar-refractivity contribution in [2.24, 2.45) is 0 Å². The van der Waals surface area contributed by atoms with Crippen LogP contribution in [-0.4, -0.2) is 32.3 Å². The van der Waals surface area contributed by atoms with Gasteiger partial charge in [-0.3, -0.25) is 0 Å². The number of esters is 1. The van der Waals surface area contributed by atoms with Crippen molar-refractivity contribution in [3.05, 3.63) is 53.5 Å². The molecule has 0 saturated heterocycles. The highest BCUT2D eigenvalue weighted by Gasteiger charge is 2.22. The second-order valence-corrected chi connectivity index (χ2v) is 5.21. The second kappa shape index (κ2) is 6.08. The predicted molar refractivity (Wildman–Crippen MR) is 86.6 cm³/mol. The molecule has 0 bridgehead atoms. The van der Waals surface area contributed by atoms with Crippen LogP contribution in [0.1, 0.15) is 28.8 Å². The lowest BCUT2D eigenvalue weighted by Crippen LogP contribution is -2.11. The van der Waals surface area contributed by atoms with E-state index in [1.807, 2.05) is 50.2 Å². The Hall–Kier alpha value is -2.89. The van der Waals surface area contributed by atoms with Crippen molar-refractivity contribution >= 4 is 5.97 Å². The minimum absolute atomic E-state index is 0.301. The number of carbonyl (C=O) groups is 1. The summed E-state index contributed by atoms with van der Waals surface area (Å²) in [6.07, 6.45) is 0. The van der Waals surface area contributed by atoms with Crippen molar-refractivity contribution in [2.75, 3.05) is 6.61 Å². The molecule has 1 aromatic carbocycles. The fraction of sp³-hybridized carbons (Fsp3) is 0.235. The smallest absolute Gasteiger partial charge is 0.358 e. The molecule has 6 heteroatoms. The molecule has 0 fully saturated rings. The highest BCUT2D eigenvalue weighted by atomic mass is 16.5. The van der Waals surface area contributed by atoms with Gasteiger partial charge in [-0.1, -0.05) is 30.3 Å². The van der Waals surface area contributed by atoms with Gasteiger partial charge >= 0.3 is 5.97 Å². The first-order valence-corrected chi connectivity index (χ1v) is 7.46. The van der Waals surface area contributed by atoms with Crippen molar-refractivity contribution in [2.45, 2.75) is 20.8 Å². The van der Waals surface area contributed by atoms with Crippen LogP contribution in [0.4, 0.5) is 0 Å². The number of aromatic nitrogens is 4. The first-order chi connectivity index (χ1) is 11.1. The normalized spacial score (nSPS) is 10.7. The van der Waals surface area contributed by atoms with E-state index in [-0.39, 0.29) is 0 Å². The van der Waals surface area contributed by atoms with Gasteiger partial charge in [0.25, 0.3) is 0 Å². The summed E-state index contributed by atoms with van der Waals surface area (Å²) in [5.41, 5.74) is 2.96. The van der Waals surface area contributed by atoms with E-state index in [4.69, 9.17) is 4.74 Å². The highest BCUT2D eigenvalue weighted by Crippen LogP contribution is 2.22. The third kappa shape index (κ3) is 2.88. The number of carbonyl (C=O) groups excluding carboxylic acids is 1. The Morgan fingerprint density at radius 2 is 2.00 bits per heavy atom. The van der Waals surface area contributed by atoms with Gasteiger partial charge in [0.1, 0.15) is 5.82 Å². The minimum atomic E-state index is -0.440. The van der Waals surface area contributed by atoms with Gasteiger partial charge in [-0.2, -0.15) is 5.10 Å². The van der Waals surface area contributed by atoms with Crippen LogP contribution in [0.5, 0.6) is 0 Å². The zero-order valence-electron chi connectivity index (χ0n) is 13.3. The summed E-state index contributed by atoms with van der Waals surface area (Å²) in [5, 5.41) is 4.42. The Bertz CT molecular complexity index is 834. The average molecular weight is 310 g/mol. The average Bonchev–Trinajstić information content (AvgIpc) is 3.11. The molecule has 118 valence electrons. The third-order valence-corrected chi connectivity index (χ3v) is 3.42. The first kappa shape index (κ1) is 15.0. The lowest BCUT2D eigenvalue weighted by atomic mass is 10.2. The van der Waals surface area contributed by atoms with E-state index in [0.717, 1.165) is 17.0 Å². The zero-order chi connectivity index (χ0) is 16.4. The summed E-state index contributed by atoms with van der Waals surface area (Å²) in [4.78, 5) is 19.9. The molecule has 1 N–H and O–H groups in total. The van der Waals surface area contributed by atoms with Crippen LogP contribution >= 0.6 is 0 Å². The van der Waals surface area contributed by atoms with Gasteiger partial charge in [0.15, 0.2) is 11.5 Å². The number of aromatic amines is 1. The molecule has 2 aromatic heterocycles. The van der Waals surface area contributed by atoms with Crippen molar-refractivity contribution in [1.29, 1.82) is 0 Å². The number of nitrogens with one attached hydrogen (secondary N) is 1. The van der Waals surface area contributed by atoms with E-state index in [1.54, 1.807) is 11.6 Å². The Labute approximate surface area is 134 Å². The molecule has 0 amide bonds. The lowest BCUT2D eigenvalue weighted by molar-refractivity contribution is 0.0520. The minimum Gasteiger partial charge on any atom is -0.461 e. The Balaban J connectivity index is 2.15. The second-order valence-electron chi connectivity index (χ2n) is 5.21. The summed E-state index contributed by atoms with van der Waals surface area (Å²) in [6, 6.07) is 11.6. The highest BCUT2D eigenvalue weighted by molar-refractivity contribution is 5.91. The fourth-order valence-corrected chi connectivity index (χ4v) is 2.44. The van der Waals surface area contributed by atoms with E-state index >= 15 is 0 Å². The van der Waals surface area contributed by atoms with Gasteiger partial charge in [0, 0.05) is 11.3 Å². The summed E-state index contributed by atoms with van der Waals surface area (Å²) in [5.74, 6) is 0.619. The lowest BCUT2D eigenvalue weighted by Gasteiger charge is -2.03. The zero-order valence-corrected chi connectivity index (χ0v) is 13.3. The monoisotopic (exact) mass is 310 g/mol. The number of nitrogens with zero attached hydrogens (tertiary/aromatic N) is 3. The Kier molecular flexibility index (Phi) is 3.97. The summed E-state index contributed by atoms with van der Waals surface area (Å²) in [7, 11) is 0. The molecule has 0 saturated carbocycles. The van der Waals surface area contributed by atoms with Gasteiger partial charge in [-0.15, -0.1) is 0 Å². The number of ether oxygens (including phenoxy) is 1. The van der Waals surface area contributed by atoms with Gasteiger partial charge in [0.2, 0.25) is 0 Å². The summed E-state index contributed by atoms with van der Waals surface area (Å²) in [6.45, 7) is 5.90. The van der Waals surface area contributed by atoms with Gasteiger partial charge in [0.05, 0.1) is 12.3 Å². The molecule has 0 aliphatic heterocycles. The molecular weight excluding hydrogens is 292 g/mol. The standard InChI is InChI=1S/C17H18N4O2/c1-4-23-17(22)14-16(21-12(3)10-11(2)20-21)19-15(18-14)13-8-6-5-7-9-13/h5-10H,4H2,1-3H3,(H,18,19). The number of rotatable bonds is 4. The number of H-pyrrole nitrogens is 1. The van der Waals surface area contributed by atoms with Crippen LogP contribution in [0, 0.1) is 13.8 Å². The van der Waals surface area contributed by atoms with E-state index < -0.39 is 5.97 Å². The number of hydrogen-bond donors (Lipinski definition) is 1. The SMILES string of the molecule is CCOC(=O)c1[nH]c(-c2ccccc2)nc1-n1nc(C)cc1C. The molecule has 3 rings (SSSR count). The number of imidazole rings is 1. The van der Waals surface area contributed by atoms with E-state index in [1.165, 1.54) is 0 Å². The number of aryl methyl sites for hydroxylation is 2. The van der Waals surface area contributed by atoms with Crippen molar-refractivity contribution in [3.8, 4) is 17.2 Å². The maximum absolute atomic E-state index is 12.3. The molecule has 2 heterocycles. The largest absolute Gasteiger partial charge is 0.461 e. The van der Waals surface area contributed by atoms with Gasteiger partial charge in [-0.05, 0) is 26.8 Å². The maximum atomic E-state index is 12.3. The number of benzene rings is 1. The van der Waals surface area contributed by atoms with Crippen LogP contribution in [-0.2, 0) is 4.74 Å². The van der Waals surface area contributed by atoms with Crippen LogP contribution in [0.15, 0.2) is 36.4 Å². The molecule has 0 aliphatic carbocycles. The van der Waals surface area contributed by atoms with Crippen molar-refractivity contribution in [1.82, 2.24) is 19.7 Å². The Morgan fingerprint density at radius 3 is 2.61 bits per heavy atom. The summed E-state index contributed by atoms with van der Waals surface area (Å²) >= 11 is 0. The van der Waals surface area contributed by atoms with Crippen LogP contribution in [0.25, 0.3) is 17.2 Å². The molecule has 0 aliphatic rings. The topological polar surface area (TPSA) is 72.8 Å². The molecule has 0 unspecified atom stereocenters. The Morgan fingerprint density at radius 1 is 1.26 bits per heavy atom. The first-order valence-electron chi connectivity index (χ1n) is 7.46. The summed E-state index contributed by atoms with van der Waals surface area (Å²) < 4.78 is 6.79. The molecule has 6 nitrogen and oxygen atoms in total. The van der Waals surface area contributed by atoms with Crippen LogP contribution in [0.2, 0.25) is 0 Å². The molecule has 0 spiro atoms. The maximum Gasteiger partial charge on any atom is 0.358 e. The van der Waals surface area contributed by atoms with E-state index in [9.17, 15) is 4.79 Å². The molecule has 0 atom stereocenters. The quantitative estimate of drug-likeness (QED) is 0.752. The molecule has 3 aromatic rings. The number of hydrogen-bond acceptors (Lipinski definition) is 4. The third-order valence-electron chi connectivity index (χ3n) is 3.42.